The van der Waals surface area contributed by atoms with E-state index in [1.165, 1.54) is 9.13 Å². The molecule has 1 aliphatic carbocycles. The number of benzene rings is 1. The number of pyridine rings is 2. The first-order valence-corrected chi connectivity index (χ1v) is 21.6. The Kier molecular flexibility index (Phi) is 11.3. The number of ether oxygens (including phenoxy) is 1. The van der Waals surface area contributed by atoms with Gasteiger partial charge in [0.05, 0.1) is 33.8 Å². The summed E-state index contributed by atoms with van der Waals surface area (Å²) in [6.45, 7) is 1.38. The Hall–Kier alpha value is -6.89. The number of carbonyl (C=O) groups is 3. The fraction of sp³-hybridized carbons (Fsp3) is 0.386. The van der Waals surface area contributed by atoms with E-state index < -0.39 is 11.9 Å². The van der Waals surface area contributed by atoms with E-state index in [1.807, 2.05) is 47.0 Å². The van der Waals surface area contributed by atoms with Crippen LogP contribution < -0.4 is 21.6 Å². The number of imidazole rings is 1. The van der Waals surface area contributed by atoms with E-state index in [0.29, 0.717) is 53.9 Å². The lowest BCUT2D eigenvalue weighted by Gasteiger charge is -2.34. The van der Waals surface area contributed by atoms with Gasteiger partial charge in [-0.25, -0.2) is 19.6 Å². The van der Waals surface area contributed by atoms with Crippen molar-refractivity contribution in [2.75, 3.05) is 32.1 Å². The second-order valence-electron chi connectivity index (χ2n) is 15.9. The van der Waals surface area contributed by atoms with Crippen LogP contribution >= 0.6 is 11.3 Å². The third kappa shape index (κ3) is 7.90. The van der Waals surface area contributed by atoms with Crippen molar-refractivity contribution in [3.05, 3.63) is 81.6 Å². The van der Waals surface area contributed by atoms with Crippen molar-refractivity contribution in [2.45, 2.75) is 75.5 Å². The average molecular weight is 853 g/mol. The van der Waals surface area contributed by atoms with E-state index >= 15 is 0 Å². The summed E-state index contributed by atoms with van der Waals surface area (Å²) in [4.78, 5) is 61.9. The molecule has 6 aromatic rings. The minimum Gasteiger partial charge on any atom is -0.387 e. The second kappa shape index (κ2) is 17.2. The fourth-order valence-electron chi connectivity index (χ4n) is 8.77. The van der Waals surface area contributed by atoms with Crippen LogP contribution in [0, 0.1) is 23.2 Å². The van der Waals surface area contributed by atoms with E-state index in [0.717, 1.165) is 58.0 Å². The number of aromatic nitrogens is 7. The Morgan fingerprint density at radius 2 is 1.84 bits per heavy atom. The number of hydrogen-bond acceptors (Lipinski definition) is 12. The molecule has 62 heavy (non-hydrogen) atoms. The van der Waals surface area contributed by atoms with Gasteiger partial charge in [0.1, 0.15) is 35.2 Å². The molecule has 17 nitrogen and oxygen atoms in total. The normalized spacial score (nSPS) is 19.5. The average Bonchev–Trinajstić information content (AvgIpc) is 4.02. The molecule has 316 valence electrons. The van der Waals surface area contributed by atoms with Crippen LogP contribution in [0.4, 0.5) is 10.5 Å². The number of aryl methyl sites for hydroxylation is 1. The molecule has 3 fully saturated rings. The number of para-hydroxylation sites is 1. The molecule has 0 bridgehead atoms. The van der Waals surface area contributed by atoms with Crippen LogP contribution in [0.15, 0.2) is 59.8 Å². The number of imide groups is 1. The first kappa shape index (κ1) is 40.5. The highest BCUT2D eigenvalue weighted by Crippen LogP contribution is 2.39. The molecule has 0 spiro atoms. The van der Waals surface area contributed by atoms with Gasteiger partial charge in [-0.3, -0.25) is 28.6 Å². The second-order valence-corrected chi connectivity index (χ2v) is 16.9. The Balaban J connectivity index is 0.740. The summed E-state index contributed by atoms with van der Waals surface area (Å²) in [5.74, 6) is 6.38. The fourth-order valence-corrected chi connectivity index (χ4v) is 9.80. The maximum Gasteiger partial charge on any atom is 0.329 e. The zero-order chi connectivity index (χ0) is 42.9. The van der Waals surface area contributed by atoms with Crippen LogP contribution in [0.5, 0.6) is 0 Å². The van der Waals surface area contributed by atoms with Gasteiger partial charge in [0.2, 0.25) is 11.8 Å². The van der Waals surface area contributed by atoms with Crippen LogP contribution in [-0.4, -0.2) is 95.5 Å². The number of piperidine rings is 2. The lowest BCUT2D eigenvalue weighted by atomic mass is 9.86. The summed E-state index contributed by atoms with van der Waals surface area (Å²) in [5, 5.41) is 29.9. The Bertz CT molecular complexity index is 2880. The number of likely N-dealkylation sites (tertiary alicyclic amines) is 1. The molecule has 3 aliphatic rings. The molecule has 5 aromatic heterocycles. The smallest absolute Gasteiger partial charge is 0.329 e. The van der Waals surface area contributed by atoms with E-state index in [4.69, 9.17) is 9.72 Å². The molecule has 3 N–H and O–H groups in total. The lowest BCUT2D eigenvalue weighted by molar-refractivity contribution is -0.135. The van der Waals surface area contributed by atoms with Gasteiger partial charge < -0.3 is 20.3 Å². The highest BCUT2D eigenvalue weighted by Gasteiger charge is 2.32. The van der Waals surface area contributed by atoms with Crippen LogP contribution in [0.1, 0.15) is 79.5 Å². The number of rotatable bonds is 8. The van der Waals surface area contributed by atoms with Gasteiger partial charge in [-0.2, -0.15) is 5.26 Å². The van der Waals surface area contributed by atoms with Crippen molar-refractivity contribution in [3.8, 4) is 34.3 Å². The predicted molar refractivity (Wildman–Crippen MR) is 232 cm³/mol. The molecular weight excluding hydrogens is 809 g/mol. The molecule has 1 unspecified atom stereocenters. The van der Waals surface area contributed by atoms with Gasteiger partial charge in [0.25, 0.3) is 0 Å². The molecule has 2 saturated heterocycles. The molecule has 2 aliphatic heterocycles. The highest BCUT2D eigenvalue weighted by atomic mass is 32.1. The third-order valence-corrected chi connectivity index (χ3v) is 13.2. The van der Waals surface area contributed by atoms with Crippen molar-refractivity contribution < 1.29 is 19.1 Å². The first-order valence-electron chi connectivity index (χ1n) is 20.8. The van der Waals surface area contributed by atoms with E-state index in [1.54, 1.807) is 42.9 Å². The summed E-state index contributed by atoms with van der Waals surface area (Å²) in [7, 11) is 3.52. The van der Waals surface area contributed by atoms with Crippen molar-refractivity contribution in [2.24, 2.45) is 7.05 Å². The standard InChI is InChI=1S/C44H44N12O5S/c1-46-33-22-36(55-19-14-29-21-26(23-45)24-48-39(29)55)47-25-32(33)42-52-51-41(62-42)28-8-10-30(11-9-28)49-43(59)54-17-15-31(16-18-54)61-20-4-6-27-5-3-7-34-38(27)53(2)44(60)56(34)35-12-13-37(57)50-40(35)58/h3,5,7,14,19,21-22,24-25,28,30-31,35H,8-13,15-18,20H2,1-2H3,(H,46,47)(H,49,59)(H,50,57,58). The van der Waals surface area contributed by atoms with Crippen molar-refractivity contribution in [1.82, 2.24) is 49.4 Å². The minimum atomic E-state index is -0.762. The number of amides is 4. The van der Waals surface area contributed by atoms with Crippen LogP contribution in [-0.2, 0) is 21.4 Å². The zero-order valence-electron chi connectivity index (χ0n) is 34.3. The van der Waals surface area contributed by atoms with Crippen LogP contribution in [0.2, 0.25) is 0 Å². The Morgan fingerprint density at radius 1 is 1.02 bits per heavy atom. The molecule has 7 heterocycles. The quantitative estimate of drug-likeness (QED) is 0.141. The van der Waals surface area contributed by atoms with Gasteiger partial charge in [0.15, 0.2) is 5.01 Å². The SMILES string of the molecule is CNc1cc(-n2ccc3cc(C#N)cnc32)ncc1-c1nnc(C2CCC(NC(=O)N3CCC(OCC#Cc4cccc5c4n(C)c(=O)n5C4CCC(=O)NC4=O)CC3)CC2)s1. The van der Waals surface area contributed by atoms with Gasteiger partial charge in [-0.05, 0) is 69.2 Å². The van der Waals surface area contributed by atoms with Gasteiger partial charge in [-0.15, -0.1) is 10.2 Å². The van der Waals surface area contributed by atoms with E-state index in [9.17, 15) is 24.4 Å². The van der Waals surface area contributed by atoms with E-state index in [-0.39, 0.29) is 55.1 Å². The molecule has 1 aromatic carbocycles. The van der Waals surface area contributed by atoms with E-state index in [2.05, 4.69) is 49.0 Å². The van der Waals surface area contributed by atoms with Crippen LogP contribution in [0.25, 0.3) is 38.5 Å². The van der Waals surface area contributed by atoms with Gasteiger partial charge in [-0.1, -0.05) is 29.2 Å². The summed E-state index contributed by atoms with van der Waals surface area (Å²) < 4.78 is 10.9. The summed E-state index contributed by atoms with van der Waals surface area (Å²) in [6.07, 6.45) is 10.6. The van der Waals surface area contributed by atoms with Gasteiger partial charge in [0, 0.05) is 81.3 Å². The van der Waals surface area contributed by atoms with Crippen molar-refractivity contribution >= 4 is 56.9 Å². The Morgan fingerprint density at radius 3 is 2.61 bits per heavy atom. The van der Waals surface area contributed by atoms with Crippen molar-refractivity contribution in [3.63, 3.8) is 0 Å². The zero-order valence-corrected chi connectivity index (χ0v) is 35.1. The van der Waals surface area contributed by atoms with Gasteiger partial charge >= 0.3 is 11.7 Å². The minimum absolute atomic E-state index is 0.0242. The van der Waals surface area contributed by atoms with Crippen molar-refractivity contribution in [1.29, 1.82) is 5.26 Å². The number of anilines is 1. The molecule has 4 amide bonds. The molecule has 9 rings (SSSR count). The number of urea groups is 1. The highest BCUT2D eigenvalue weighted by molar-refractivity contribution is 7.14. The number of nitriles is 1. The maximum absolute atomic E-state index is 13.3. The predicted octanol–water partition coefficient (Wildman–Crippen LogP) is 4.75. The number of hydrogen-bond donors (Lipinski definition) is 3. The number of fused-ring (bicyclic) bond motifs is 2. The molecule has 1 saturated carbocycles. The number of carbonyl (C=O) groups excluding carboxylic acids is 3. The number of nitrogens with one attached hydrogen (secondary N) is 3. The van der Waals surface area contributed by atoms with Crippen LogP contribution in [0.3, 0.4) is 0 Å². The largest absolute Gasteiger partial charge is 0.387 e. The maximum atomic E-state index is 13.3. The summed E-state index contributed by atoms with van der Waals surface area (Å²) >= 11 is 1.58. The molecule has 0 radical (unpaired) electrons. The summed E-state index contributed by atoms with van der Waals surface area (Å²) in [5.41, 5.74) is 4.47. The third-order valence-electron chi connectivity index (χ3n) is 12.1. The molecule has 1 atom stereocenters. The molecular formula is C44H44N12O5S. The Labute approximate surface area is 360 Å². The topological polar surface area (TPSA) is 207 Å². The monoisotopic (exact) mass is 852 g/mol. The lowest BCUT2D eigenvalue weighted by Crippen LogP contribution is -2.49. The first-order chi connectivity index (χ1) is 30.2. The number of nitrogens with zero attached hydrogens (tertiary/aromatic N) is 9. The molecule has 18 heteroatoms. The summed E-state index contributed by atoms with van der Waals surface area (Å²) in [6, 6.07) is 12.5.